The maximum absolute atomic E-state index is 12.5. The zero-order valence-corrected chi connectivity index (χ0v) is 16.1. The highest BCUT2D eigenvalue weighted by atomic mass is 32.2. The molecule has 9 heteroatoms. The van der Waals surface area contributed by atoms with E-state index in [-0.39, 0.29) is 23.3 Å². The number of carbonyl (C=O) groups excluding carboxylic acids is 2. The Hall–Kier alpha value is -2.13. The fraction of sp³-hybridized carbons (Fsp3) is 0.556. The lowest BCUT2D eigenvalue weighted by Crippen LogP contribution is -2.47. The minimum absolute atomic E-state index is 0.158. The van der Waals surface area contributed by atoms with Crippen LogP contribution in [0.5, 0.6) is 0 Å². The summed E-state index contributed by atoms with van der Waals surface area (Å²) in [4.78, 5) is 35.2. The maximum Gasteiger partial charge on any atom is 0.270 e. The van der Waals surface area contributed by atoms with Crippen molar-refractivity contribution in [3.05, 3.63) is 39.9 Å². The van der Waals surface area contributed by atoms with Crippen LogP contribution in [0.1, 0.15) is 36.0 Å². The van der Waals surface area contributed by atoms with E-state index in [9.17, 15) is 19.7 Å². The molecule has 2 rings (SSSR count). The summed E-state index contributed by atoms with van der Waals surface area (Å²) in [5.41, 5.74) is -0.00478. The van der Waals surface area contributed by atoms with Crippen molar-refractivity contribution in [2.24, 2.45) is 0 Å². The van der Waals surface area contributed by atoms with Crippen LogP contribution in [0, 0.1) is 10.1 Å². The Labute approximate surface area is 162 Å². The molecule has 1 saturated heterocycles. The number of nitro groups is 1. The number of thioether (sulfide) groups is 1. The van der Waals surface area contributed by atoms with Gasteiger partial charge in [0.1, 0.15) is 6.04 Å². The normalized spacial score (nSPS) is 17.3. The van der Waals surface area contributed by atoms with Crippen LogP contribution in [0.25, 0.3) is 0 Å². The van der Waals surface area contributed by atoms with Crippen molar-refractivity contribution in [2.75, 3.05) is 25.2 Å². The SMILES string of the molecule is CSCCC(NC(=O)c1cccc([N+](=O)[O-])c1)C(=O)NCCC1CCCO1. The second kappa shape index (κ2) is 10.9. The molecular weight excluding hydrogens is 370 g/mol. The Balaban J connectivity index is 1.93. The van der Waals surface area contributed by atoms with Gasteiger partial charge in [-0.1, -0.05) is 6.07 Å². The lowest BCUT2D eigenvalue weighted by atomic mass is 10.1. The number of nitrogens with one attached hydrogen (secondary N) is 2. The van der Waals surface area contributed by atoms with Crippen molar-refractivity contribution >= 4 is 29.3 Å². The van der Waals surface area contributed by atoms with E-state index in [1.807, 2.05) is 6.26 Å². The van der Waals surface area contributed by atoms with Gasteiger partial charge in [-0.25, -0.2) is 0 Å². The van der Waals surface area contributed by atoms with Crippen molar-refractivity contribution in [3.63, 3.8) is 0 Å². The molecule has 8 nitrogen and oxygen atoms in total. The Kier molecular flexibility index (Phi) is 8.53. The van der Waals surface area contributed by atoms with Crippen LogP contribution in [-0.2, 0) is 9.53 Å². The average Bonchev–Trinajstić information content (AvgIpc) is 3.18. The molecule has 1 aromatic carbocycles. The summed E-state index contributed by atoms with van der Waals surface area (Å²) in [5, 5.41) is 16.4. The second-order valence-corrected chi connectivity index (χ2v) is 7.32. The Morgan fingerprint density at radius 1 is 1.44 bits per heavy atom. The highest BCUT2D eigenvalue weighted by Crippen LogP contribution is 2.15. The number of ether oxygens (including phenoxy) is 1. The molecular formula is C18H25N3O5S. The average molecular weight is 395 g/mol. The van der Waals surface area contributed by atoms with E-state index in [4.69, 9.17) is 4.74 Å². The first kappa shape index (κ1) is 21.2. The standard InChI is InChI=1S/C18H25N3O5S/c1-27-11-8-16(18(23)19-9-7-15-6-3-10-26-15)20-17(22)13-4-2-5-14(12-13)21(24)25/h2,4-5,12,15-16H,3,6-11H2,1H3,(H,19,23)(H,20,22). The van der Waals surface area contributed by atoms with Gasteiger partial charge in [-0.15, -0.1) is 0 Å². The highest BCUT2D eigenvalue weighted by Gasteiger charge is 2.22. The molecule has 0 saturated carbocycles. The number of hydrogen-bond donors (Lipinski definition) is 2. The lowest BCUT2D eigenvalue weighted by Gasteiger charge is -2.19. The number of benzene rings is 1. The van der Waals surface area contributed by atoms with Gasteiger partial charge in [0.2, 0.25) is 5.91 Å². The Morgan fingerprint density at radius 3 is 2.93 bits per heavy atom. The molecule has 1 aliphatic heterocycles. The topological polar surface area (TPSA) is 111 Å². The van der Waals surface area contributed by atoms with Crippen molar-refractivity contribution in [2.45, 2.75) is 37.8 Å². The third kappa shape index (κ3) is 6.84. The summed E-state index contributed by atoms with van der Waals surface area (Å²) in [5.74, 6) is -0.0427. The Morgan fingerprint density at radius 2 is 2.26 bits per heavy atom. The molecule has 1 aliphatic rings. The van der Waals surface area contributed by atoms with Crippen LogP contribution in [0.2, 0.25) is 0 Å². The smallest absolute Gasteiger partial charge is 0.270 e. The van der Waals surface area contributed by atoms with Crippen LogP contribution in [-0.4, -0.2) is 54.0 Å². The number of nitrogens with zero attached hydrogens (tertiary/aromatic N) is 1. The van der Waals surface area contributed by atoms with Gasteiger partial charge in [-0.05, 0) is 43.8 Å². The first-order chi connectivity index (χ1) is 13.0. The zero-order valence-electron chi connectivity index (χ0n) is 15.3. The lowest BCUT2D eigenvalue weighted by molar-refractivity contribution is -0.384. The molecule has 1 heterocycles. The van der Waals surface area contributed by atoms with E-state index in [1.54, 1.807) is 11.8 Å². The largest absolute Gasteiger partial charge is 0.378 e. The molecule has 0 radical (unpaired) electrons. The van der Waals surface area contributed by atoms with E-state index >= 15 is 0 Å². The summed E-state index contributed by atoms with van der Waals surface area (Å²) >= 11 is 1.58. The van der Waals surface area contributed by atoms with Gasteiger partial charge in [-0.2, -0.15) is 11.8 Å². The van der Waals surface area contributed by atoms with E-state index in [0.717, 1.165) is 25.9 Å². The number of amides is 2. The van der Waals surface area contributed by atoms with Crippen molar-refractivity contribution in [3.8, 4) is 0 Å². The summed E-state index contributed by atoms with van der Waals surface area (Å²) < 4.78 is 5.53. The molecule has 2 unspecified atom stereocenters. The first-order valence-electron chi connectivity index (χ1n) is 8.95. The molecule has 2 atom stereocenters. The predicted octanol–water partition coefficient (Wildman–Crippen LogP) is 2.13. The summed E-state index contributed by atoms with van der Waals surface area (Å²) in [7, 11) is 0. The number of nitro benzene ring substituents is 1. The van der Waals surface area contributed by atoms with Crippen LogP contribution in [0.4, 0.5) is 5.69 Å². The maximum atomic E-state index is 12.5. The molecule has 0 aromatic heterocycles. The van der Waals surface area contributed by atoms with E-state index in [1.165, 1.54) is 24.3 Å². The van der Waals surface area contributed by atoms with Crippen LogP contribution >= 0.6 is 11.8 Å². The predicted molar refractivity (Wildman–Crippen MR) is 104 cm³/mol. The molecule has 27 heavy (non-hydrogen) atoms. The number of rotatable bonds is 10. The molecule has 1 aromatic rings. The quantitative estimate of drug-likeness (QED) is 0.464. The third-order valence-electron chi connectivity index (χ3n) is 4.34. The number of hydrogen-bond acceptors (Lipinski definition) is 6. The molecule has 2 amide bonds. The second-order valence-electron chi connectivity index (χ2n) is 6.33. The van der Waals surface area contributed by atoms with Gasteiger partial charge < -0.3 is 15.4 Å². The van der Waals surface area contributed by atoms with Gasteiger partial charge in [-0.3, -0.25) is 19.7 Å². The van der Waals surface area contributed by atoms with Gasteiger partial charge in [0.25, 0.3) is 11.6 Å². The monoisotopic (exact) mass is 395 g/mol. The first-order valence-corrected chi connectivity index (χ1v) is 10.3. The van der Waals surface area contributed by atoms with Crippen molar-refractivity contribution < 1.29 is 19.2 Å². The zero-order chi connectivity index (χ0) is 19.6. The van der Waals surface area contributed by atoms with Gasteiger partial charge in [0, 0.05) is 30.8 Å². The fourth-order valence-electron chi connectivity index (χ4n) is 2.86. The van der Waals surface area contributed by atoms with E-state index in [0.29, 0.717) is 18.7 Å². The number of carbonyl (C=O) groups is 2. The van der Waals surface area contributed by atoms with E-state index in [2.05, 4.69) is 10.6 Å². The molecule has 0 bridgehead atoms. The third-order valence-corrected chi connectivity index (χ3v) is 4.99. The molecule has 0 spiro atoms. The molecule has 1 fully saturated rings. The van der Waals surface area contributed by atoms with Gasteiger partial charge in [0.05, 0.1) is 11.0 Å². The minimum Gasteiger partial charge on any atom is -0.378 e. The molecule has 2 N–H and O–H groups in total. The Bertz CT molecular complexity index is 664. The van der Waals surface area contributed by atoms with Crippen LogP contribution in [0.15, 0.2) is 24.3 Å². The fourth-order valence-corrected chi connectivity index (χ4v) is 3.33. The van der Waals surface area contributed by atoms with Crippen molar-refractivity contribution in [1.82, 2.24) is 10.6 Å². The summed E-state index contributed by atoms with van der Waals surface area (Å²) in [6.07, 6.45) is 5.40. The highest BCUT2D eigenvalue weighted by molar-refractivity contribution is 7.98. The minimum atomic E-state index is -0.686. The molecule has 0 aliphatic carbocycles. The van der Waals surface area contributed by atoms with E-state index < -0.39 is 16.9 Å². The van der Waals surface area contributed by atoms with Crippen molar-refractivity contribution in [1.29, 1.82) is 0 Å². The van der Waals surface area contributed by atoms with Crippen LogP contribution in [0.3, 0.4) is 0 Å². The van der Waals surface area contributed by atoms with Crippen LogP contribution < -0.4 is 10.6 Å². The molecule has 148 valence electrons. The summed E-state index contributed by atoms with van der Waals surface area (Å²) in [6.45, 7) is 1.26. The summed E-state index contributed by atoms with van der Waals surface area (Å²) in [6, 6.07) is 4.78. The number of non-ortho nitro benzene ring substituents is 1. The van der Waals surface area contributed by atoms with Gasteiger partial charge >= 0.3 is 0 Å². The van der Waals surface area contributed by atoms with Gasteiger partial charge in [0.15, 0.2) is 0 Å².